The highest BCUT2D eigenvalue weighted by molar-refractivity contribution is 6.17. The minimum atomic E-state index is -1.29. The van der Waals surface area contributed by atoms with Crippen molar-refractivity contribution in [3.63, 3.8) is 0 Å². The molecule has 1 rings (SSSR count). The first-order valence-corrected chi connectivity index (χ1v) is 6.61. The molecule has 0 saturated carbocycles. The lowest BCUT2D eigenvalue weighted by Gasteiger charge is -2.16. The molecule has 5 heteroatoms. The molecule has 104 valence electrons. The van der Waals surface area contributed by atoms with Gasteiger partial charge < -0.3 is 9.84 Å². The fourth-order valence-electron chi connectivity index (χ4n) is 1.53. The standard InChI is InChI=1S/C14H17ClO4/c1-3-9(2)19-14(18)12(13(16)17)11-6-4-10(8-15)5-7-11/h4-7,9,12H,3,8H2,1-2H3,(H,16,17). The van der Waals surface area contributed by atoms with Crippen molar-refractivity contribution in [3.05, 3.63) is 35.4 Å². The third-order valence-electron chi connectivity index (χ3n) is 2.84. The van der Waals surface area contributed by atoms with E-state index in [-0.39, 0.29) is 6.10 Å². The number of halogens is 1. The highest BCUT2D eigenvalue weighted by Crippen LogP contribution is 2.20. The van der Waals surface area contributed by atoms with E-state index in [4.69, 9.17) is 16.3 Å². The molecule has 0 aliphatic rings. The van der Waals surface area contributed by atoms with Crippen LogP contribution in [0.25, 0.3) is 0 Å². The number of hydrogen-bond donors (Lipinski definition) is 1. The molecular formula is C14H17ClO4. The molecule has 0 aliphatic heterocycles. The van der Waals surface area contributed by atoms with Crippen molar-refractivity contribution < 1.29 is 19.4 Å². The highest BCUT2D eigenvalue weighted by Gasteiger charge is 2.30. The van der Waals surface area contributed by atoms with Crippen LogP contribution in [0.5, 0.6) is 0 Å². The van der Waals surface area contributed by atoms with Crippen molar-refractivity contribution >= 4 is 23.5 Å². The highest BCUT2D eigenvalue weighted by atomic mass is 35.5. The van der Waals surface area contributed by atoms with Gasteiger partial charge in [-0.15, -0.1) is 11.6 Å². The number of carboxylic acids is 1. The first-order chi connectivity index (χ1) is 8.99. The van der Waals surface area contributed by atoms with Gasteiger partial charge in [0.1, 0.15) is 0 Å². The minimum Gasteiger partial charge on any atom is -0.480 e. The second kappa shape index (κ2) is 7.14. The van der Waals surface area contributed by atoms with Gasteiger partial charge in [-0.1, -0.05) is 31.2 Å². The maximum Gasteiger partial charge on any atom is 0.325 e. The summed E-state index contributed by atoms with van der Waals surface area (Å²) < 4.78 is 5.09. The molecule has 0 aromatic heterocycles. The number of rotatable bonds is 6. The topological polar surface area (TPSA) is 63.6 Å². The number of benzene rings is 1. The number of aliphatic carboxylic acids is 1. The normalized spacial score (nSPS) is 13.6. The molecule has 4 nitrogen and oxygen atoms in total. The summed E-state index contributed by atoms with van der Waals surface area (Å²) in [6, 6.07) is 6.59. The molecule has 0 amide bonds. The van der Waals surface area contributed by atoms with Gasteiger partial charge in [0.2, 0.25) is 0 Å². The molecule has 0 radical (unpaired) electrons. The van der Waals surface area contributed by atoms with Crippen LogP contribution in [0.15, 0.2) is 24.3 Å². The Kier molecular flexibility index (Phi) is 5.83. The van der Waals surface area contributed by atoms with Crippen molar-refractivity contribution in [2.75, 3.05) is 0 Å². The zero-order valence-corrected chi connectivity index (χ0v) is 11.7. The molecule has 1 aromatic carbocycles. The third kappa shape index (κ3) is 4.24. The van der Waals surface area contributed by atoms with Crippen LogP contribution >= 0.6 is 11.6 Å². The number of ether oxygens (including phenoxy) is 1. The van der Waals surface area contributed by atoms with Gasteiger partial charge in [0, 0.05) is 5.88 Å². The summed E-state index contributed by atoms with van der Waals surface area (Å²) in [6.07, 6.45) is 0.347. The van der Waals surface area contributed by atoms with Crippen LogP contribution in [0.2, 0.25) is 0 Å². The van der Waals surface area contributed by atoms with E-state index in [1.165, 1.54) is 0 Å². The van der Waals surface area contributed by atoms with Crippen molar-refractivity contribution in [3.8, 4) is 0 Å². The summed E-state index contributed by atoms with van der Waals surface area (Å²) in [4.78, 5) is 23.1. The number of alkyl halides is 1. The monoisotopic (exact) mass is 284 g/mol. The average molecular weight is 285 g/mol. The summed E-state index contributed by atoms with van der Waals surface area (Å²) >= 11 is 5.66. The van der Waals surface area contributed by atoms with Gasteiger partial charge in [-0.3, -0.25) is 9.59 Å². The molecule has 0 fully saturated rings. The van der Waals surface area contributed by atoms with E-state index >= 15 is 0 Å². The lowest BCUT2D eigenvalue weighted by Crippen LogP contribution is -2.26. The Bertz CT molecular complexity index is 441. The number of carbonyl (C=O) groups is 2. The third-order valence-corrected chi connectivity index (χ3v) is 3.15. The van der Waals surface area contributed by atoms with Gasteiger partial charge in [-0.2, -0.15) is 0 Å². The van der Waals surface area contributed by atoms with Crippen LogP contribution in [-0.4, -0.2) is 23.1 Å². The van der Waals surface area contributed by atoms with Crippen LogP contribution in [0.1, 0.15) is 37.3 Å². The Morgan fingerprint density at radius 2 is 1.89 bits per heavy atom. The number of esters is 1. The number of carboxylic acid groups (broad SMARTS) is 1. The number of carbonyl (C=O) groups excluding carboxylic acids is 1. The summed E-state index contributed by atoms with van der Waals surface area (Å²) in [6.45, 7) is 3.59. The molecule has 19 heavy (non-hydrogen) atoms. The van der Waals surface area contributed by atoms with E-state index in [0.717, 1.165) is 5.56 Å². The van der Waals surface area contributed by atoms with Crippen molar-refractivity contribution in [1.82, 2.24) is 0 Å². The lowest BCUT2D eigenvalue weighted by molar-refractivity contribution is -0.157. The Balaban J connectivity index is 2.93. The predicted octanol–water partition coefficient (Wildman–Crippen LogP) is 2.94. The van der Waals surface area contributed by atoms with Crippen LogP contribution in [0, 0.1) is 0 Å². The fourth-order valence-corrected chi connectivity index (χ4v) is 1.71. The lowest BCUT2D eigenvalue weighted by atomic mass is 9.98. The van der Waals surface area contributed by atoms with Crippen LogP contribution in [-0.2, 0) is 20.2 Å². The minimum absolute atomic E-state index is 0.295. The molecule has 1 N–H and O–H groups in total. The van der Waals surface area contributed by atoms with Crippen LogP contribution in [0.4, 0.5) is 0 Å². The van der Waals surface area contributed by atoms with E-state index < -0.39 is 17.9 Å². The summed E-state index contributed by atoms with van der Waals surface area (Å²) in [5.41, 5.74) is 1.26. The molecule has 1 aromatic rings. The van der Waals surface area contributed by atoms with Crippen molar-refractivity contribution in [2.24, 2.45) is 0 Å². The second-order valence-electron chi connectivity index (χ2n) is 4.30. The predicted molar refractivity (Wildman–Crippen MR) is 72.2 cm³/mol. The molecular weight excluding hydrogens is 268 g/mol. The van der Waals surface area contributed by atoms with E-state index in [1.54, 1.807) is 31.2 Å². The second-order valence-corrected chi connectivity index (χ2v) is 4.57. The Labute approximate surface area is 117 Å². The Morgan fingerprint density at radius 3 is 2.32 bits per heavy atom. The Morgan fingerprint density at radius 1 is 1.32 bits per heavy atom. The van der Waals surface area contributed by atoms with E-state index in [1.807, 2.05) is 6.92 Å². The zero-order valence-electron chi connectivity index (χ0n) is 10.9. The number of hydrogen-bond acceptors (Lipinski definition) is 3. The molecule has 2 unspecified atom stereocenters. The van der Waals surface area contributed by atoms with Gasteiger partial charge in [-0.25, -0.2) is 0 Å². The van der Waals surface area contributed by atoms with Gasteiger partial charge in [0.15, 0.2) is 5.92 Å². The summed E-state index contributed by atoms with van der Waals surface area (Å²) in [5.74, 6) is -2.90. The Hall–Kier alpha value is -1.55. The molecule has 0 spiro atoms. The largest absolute Gasteiger partial charge is 0.480 e. The molecule has 0 heterocycles. The van der Waals surface area contributed by atoms with Crippen LogP contribution in [0.3, 0.4) is 0 Å². The summed E-state index contributed by atoms with van der Waals surface area (Å²) in [7, 11) is 0. The van der Waals surface area contributed by atoms with Gasteiger partial charge in [0.05, 0.1) is 6.10 Å². The van der Waals surface area contributed by atoms with E-state index in [9.17, 15) is 14.7 Å². The molecule has 0 bridgehead atoms. The zero-order chi connectivity index (χ0) is 14.4. The van der Waals surface area contributed by atoms with Crippen molar-refractivity contribution in [1.29, 1.82) is 0 Å². The van der Waals surface area contributed by atoms with E-state index in [2.05, 4.69) is 0 Å². The van der Waals surface area contributed by atoms with Gasteiger partial charge in [-0.05, 0) is 24.5 Å². The maximum atomic E-state index is 11.9. The first kappa shape index (κ1) is 15.5. The molecule has 2 atom stereocenters. The van der Waals surface area contributed by atoms with Gasteiger partial charge in [0.25, 0.3) is 0 Å². The quantitative estimate of drug-likeness (QED) is 0.495. The van der Waals surface area contributed by atoms with Crippen LogP contribution < -0.4 is 0 Å². The first-order valence-electron chi connectivity index (χ1n) is 6.07. The van der Waals surface area contributed by atoms with Crippen molar-refractivity contribution in [2.45, 2.75) is 38.2 Å². The molecule has 0 aliphatic carbocycles. The maximum absolute atomic E-state index is 11.9. The summed E-state index contributed by atoms with van der Waals surface area (Å²) in [5, 5.41) is 9.18. The van der Waals surface area contributed by atoms with Gasteiger partial charge >= 0.3 is 11.9 Å². The molecule has 0 saturated heterocycles. The fraction of sp³-hybridized carbons (Fsp3) is 0.429. The SMILES string of the molecule is CCC(C)OC(=O)C(C(=O)O)c1ccc(CCl)cc1. The average Bonchev–Trinajstić information content (AvgIpc) is 2.39. The van der Waals surface area contributed by atoms with E-state index in [0.29, 0.717) is 17.9 Å². The smallest absolute Gasteiger partial charge is 0.325 e.